The van der Waals surface area contributed by atoms with E-state index < -0.39 is 0 Å². The van der Waals surface area contributed by atoms with Crippen LogP contribution in [0.15, 0.2) is 18.2 Å². The van der Waals surface area contributed by atoms with Gasteiger partial charge in [-0.3, -0.25) is 9.80 Å². The Balaban J connectivity index is 0.00000161. The van der Waals surface area contributed by atoms with E-state index >= 15 is 0 Å². The summed E-state index contributed by atoms with van der Waals surface area (Å²) in [4.78, 5) is 4.90. The van der Waals surface area contributed by atoms with Crippen LogP contribution in [0.5, 0.6) is 0 Å². The summed E-state index contributed by atoms with van der Waals surface area (Å²) >= 11 is 5.95. The van der Waals surface area contributed by atoms with Gasteiger partial charge in [-0.2, -0.15) is 0 Å². The molecule has 0 amide bonds. The van der Waals surface area contributed by atoms with Crippen molar-refractivity contribution in [2.75, 3.05) is 39.3 Å². The van der Waals surface area contributed by atoms with Crippen molar-refractivity contribution in [1.82, 2.24) is 15.1 Å². The first kappa shape index (κ1) is 17.0. The molecule has 2 heterocycles. The Bertz CT molecular complexity index is 466. The molecule has 2 fully saturated rings. The zero-order valence-electron chi connectivity index (χ0n) is 12.0. The Morgan fingerprint density at radius 2 is 2.00 bits per heavy atom. The predicted molar refractivity (Wildman–Crippen MR) is 86.8 cm³/mol. The Morgan fingerprint density at radius 3 is 2.76 bits per heavy atom. The number of hydrogen-bond donors (Lipinski definition) is 1. The maximum absolute atomic E-state index is 13.8. The summed E-state index contributed by atoms with van der Waals surface area (Å²) in [7, 11) is 0. The molecule has 1 unspecified atom stereocenters. The summed E-state index contributed by atoms with van der Waals surface area (Å²) in [5.74, 6) is -0.153. The fraction of sp³-hybridized carbons (Fsp3) is 0.600. The second-order valence-electron chi connectivity index (χ2n) is 5.70. The average Bonchev–Trinajstić information content (AvgIpc) is 2.92. The van der Waals surface area contributed by atoms with Crippen LogP contribution in [0.1, 0.15) is 12.0 Å². The normalized spacial score (nSPS) is 24.0. The quantitative estimate of drug-likeness (QED) is 0.916. The molecular weight excluding hydrogens is 312 g/mol. The Morgan fingerprint density at radius 1 is 1.24 bits per heavy atom. The number of halogens is 3. The lowest BCUT2D eigenvalue weighted by Gasteiger charge is -2.32. The number of piperazine rings is 1. The average molecular weight is 334 g/mol. The van der Waals surface area contributed by atoms with Crippen molar-refractivity contribution < 1.29 is 4.39 Å². The van der Waals surface area contributed by atoms with Gasteiger partial charge in [0.25, 0.3) is 0 Å². The highest BCUT2D eigenvalue weighted by Gasteiger charge is 2.28. The lowest BCUT2D eigenvalue weighted by atomic mass is 10.2. The zero-order valence-corrected chi connectivity index (χ0v) is 13.6. The monoisotopic (exact) mass is 333 g/mol. The molecular formula is C15H22Cl2FN3. The lowest BCUT2D eigenvalue weighted by molar-refractivity contribution is 0.170. The van der Waals surface area contributed by atoms with Gasteiger partial charge in [-0.1, -0.05) is 11.6 Å². The van der Waals surface area contributed by atoms with Gasteiger partial charge in [0.1, 0.15) is 5.82 Å². The van der Waals surface area contributed by atoms with Gasteiger partial charge in [-0.05, 0) is 24.6 Å². The molecule has 1 aromatic rings. The van der Waals surface area contributed by atoms with E-state index in [0.29, 0.717) is 23.2 Å². The van der Waals surface area contributed by atoms with E-state index in [0.717, 1.165) is 39.3 Å². The Kier molecular flexibility index (Phi) is 6.26. The SMILES string of the molecule is Cl.Fc1ccc(Cl)cc1CN1CCC(N2CCNCC2)C1. The van der Waals surface area contributed by atoms with Crippen LogP contribution in [0.3, 0.4) is 0 Å². The van der Waals surface area contributed by atoms with E-state index in [4.69, 9.17) is 11.6 Å². The van der Waals surface area contributed by atoms with E-state index in [2.05, 4.69) is 15.1 Å². The van der Waals surface area contributed by atoms with Crippen LogP contribution in [0.2, 0.25) is 5.02 Å². The van der Waals surface area contributed by atoms with Gasteiger partial charge in [-0.15, -0.1) is 12.4 Å². The second kappa shape index (κ2) is 7.75. The van der Waals surface area contributed by atoms with E-state index in [-0.39, 0.29) is 18.2 Å². The van der Waals surface area contributed by atoms with Crippen molar-refractivity contribution >= 4 is 24.0 Å². The van der Waals surface area contributed by atoms with Gasteiger partial charge in [0.2, 0.25) is 0 Å². The van der Waals surface area contributed by atoms with Crippen LogP contribution in [0.4, 0.5) is 4.39 Å². The topological polar surface area (TPSA) is 18.5 Å². The molecule has 3 nitrogen and oxygen atoms in total. The molecule has 0 bridgehead atoms. The standard InChI is InChI=1S/C15H21ClFN3.ClH/c16-13-1-2-15(17)12(9-13)10-19-6-3-14(11-19)20-7-4-18-5-8-20;/h1-2,9,14,18H,3-8,10-11H2;1H. The highest BCUT2D eigenvalue weighted by Crippen LogP contribution is 2.21. The first-order chi connectivity index (χ1) is 9.72. The van der Waals surface area contributed by atoms with E-state index in [1.807, 2.05) is 0 Å². The molecule has 0 saturated carbocycles. The number of nitrogens with one attached hydrogen (secondary N) is 1. The minimum Gasteiger partial charge on any atom is -0.314 e. The first-order valence-electron chi connectivity index (χ1n) is 7.33. The van der Waals surface area contributed by atoms with Gasteiger partial charge in [-0.25, -0.2) is 4.39 Å². The molecule has 118 valence electrons. The third-order valence-electron chi connectivity index (χ3n) is 4.32. The van der Waals surface area contributed by atoms with Gasteiger partial charge in [0.05, 0.1) is 0 Å². The summed E-state index contributed by atoms with van der Waals surface area (Å²) in [6.07, 6.45) is 1.18. The smallest absolute Gasteiger partial charge is 0.127 e. The molecule has 2 aliphatic heterocycles. The van der Waals surface area contributed by atoms with E-state index in [1.54, 1.807) is 12.1 Å². The molecule has 0 radical (unpaired) electrons. The van der Waals surface area contributed by atoms with Crippen molar-refractivity contribution in [3.8, 4) is 0 Å². The highest BCUT2D eigenvalue weighted by molar-refractivity contribution is 6.30. The van der Waals surface area contributed by atoms with Crippen molar-refractivity contribution in [3.63, 3.8) is 0 Å². The predicted octanol–water partition coefficient (Wildman–Crippen LogP) is 2.38. The molecule has 0 aromatic heterocycles. The molecule has 1 aromatic carbocycles. The molecule has 6 heteroatoms. The summed E-state index contributed by atoms with van der Waals surface area (Å²) in [6, 6.07) is 5.43. The van der Waals surface area contributed by atoms with Gasteiger partial charge in [0, 0.05) is 62.4 Å². The third kappa shape index (κ3) is 4.30. The van der Waals surface area contributed by atoms with Gasteiger partial charge >= 0.3 is 0 Å². The maximum Gasteiger partial charge on any atom is 0.127 e. The van der Waals surface area contributed by atoms with E-state index in [1.165, 1.54) is 12.5 Å². The number of likely N-dealkylation sites (tertiary alicyclic amines) is 1. The zero-order chi connectivity index (χ0) is 13.9. The Hall–Kier alpha value is -0.390. The van der Waals surface area contributed by atoms with Crippen LogP contribution in [0.25, 0.3) is 0 Å². The fourth-order valence-corrected chi connectivity index (χ4v) is 3.40. The lowest BCUT2D eigenvalue weighted by Crippen LogP contribution is -2.49. The maximum atomic E-state index is 13.8. The van der Waals surface area contributed by atoms with Crippen LogP contribution >= 0.6 is 24.0 Å². The molecule has 3 rings (SSSR count). The fourth-order valence-electron chi connectivity index (χ4n) is 3.21. The molecule has 2 saturated heterocycles. The summed E-state index contributed by atoms with van der Waals surface area (Å²) in [5.41, 5.74) is 0.707. The van der Waals surface area contributed by atoms with Gasteiger partial charge in [0.15, 0.2) is 0 Å². The minimum absolute atomic E-state index is 0. The second-order valence-corrected chi connectivity index (χ2v) is 6.14. The Labute approximate surface area is 136 Å². The molecule has 0 aliphatic carbocycles. The third-order valence-corrected chi connectivity index (χ3v) is 4.55. The molecule has 0 spiro atoms. The summed E-state index contributed by atoms with van der Waals surface area (Å²) < 4.78 is 13.8. The van der Waals surface area contributed by atoms with Crippen LogP contribution < -0.4 is 5.32 Å². The largest absolute Gasteiger partial charge is 0.314 e. The number of rotatable bonds is 3. The van der Waals surface area contributed by atoms with Crippen molar-refractivity contribution in [1.29, 1.82) is 0 Å². The number of nitrogens with zero attached hydrogens (tertiary/aromatic N) is 2. The van der Waals surface area contributed by atoms with Crippen molar-refractivity contribution in [3.05, 3.63) is 34.6 Å². The van der Waals surface area contributed by atoms with Crippen molar-refractivity contribution in [2.45, 2.75) is 19.0 Å². The molecule has 21 heavy (non-hydrogen) atoms. The van der Waals surface area contributed by atoms with Crippen LogP contribution in [-0.4, -0.2) is 55.1 Å². The first-order valence-corrected chi connectivity index (χ1v) is 7.71. The van der Waals surface area contributed by atoms with Gasteiger partial charge < -0.3 is 5.32 Å². The minimum atomic E-state index is -0.153. The number of hydrogen-bond acceptors (Lipinski definition) is 3. The number of benzene rings is 1. The van der Waals surface area contributed by atoms with Crippen molar-refractivity contribution in [2.24, 2.45) is 0 Å². The summed E-state index contributed by atoms with van der Waals surface area (Å²) in [5, 5.41) is 3.99. The molecule has 1 N–H and O–H groups in total. The van der Waals surface area contributed by atoms with Crippen LogP contribution in [0, 0.1) is 5.82 Å². The van der Waals surface area contributed by atoms with E-state index in [9.17, 15) is 4.39 Å². The molecule has 1 atom stereocenters. The molecule has 2 aliphatic rings. The highest BCUT2D eigenvalue weighted by atomic mass is 35.5. The summed E-state index contributed by atoms with van der Waals surface area (Å²) in [6.45, 7) is 7.16. The van der Waals surface area contributed by atoms with Crippen LogP contribution in [-0.2, 0) is 6.54 Å².